The first-order valence-corrected chi connectivity index (χ1v) is 8.09. The molecule has 123 valence electrons. The van der Waals surface area contributed by atoms with E-state index >= 15 is 0 Å². The fraction of sp³-hybridized carbons (Fsp3) is 0.529. The summed E-state index contributed by atoms with van der Waals surface area (Å²) in [7, 11) is 2.15. The first-order valence-electron chi connectivity index (χ1n) is 8.09. The number of carboxylic acids is 1. The predicted molar refractivity (Wildman–Crippen MR) is 88.8 cm³/mol. The Morgan fingerprint density at radius 1 is 1.43 bits per heavy atom. The third-order valence-corrected chi connectivity index (χ3v) is 4.12. The second-order valence-electron chi connectivity index (χ2n) is 5.84. The third-order valence-electron chi connectivity index (χ3n) is 4.12. The van der Waals surface area contributed by atoms with E-state index in [0.29, 0.717) is 25.2 Å². The number of aliphatic hydroxyl groups is 1. The van der Waals surface area contributed by atoms with E-state index in [1.165, 1.54) is 0 Å². The maximum absolute atomic E-state index is 10.4. The maximum atomic E-state index is 10.4. The quantitative estimate of drug-likeness (QED) is 0.416. The molecule has 2 heterocycles. The lowest BCUT2D eigenvalue weighted by molar-refractivity contribution is -0.137. The Kier molecular flexibility index (Phi) is 7.13. The fourth-order valence-corrected chi connectivity index (χ4v) is 2.81. The summed E-state index contributed by atoms with van der Waals surface area (Å²) in [5.74, 6) is 0.178. The zero-order valence-corrected chi connectivity index (χ0v) is 13.2. The van der Waals surface area contributed by atoms with E-state index in [4.69, 9.17) is 9.84 Å². The van der Waals surface area contributed by atoms with E-state index < -0.39 is 5.97 Å². The molecule has 2 N–H and O–H groups in total. The van der Waals surface area contributed by atoms with Crippen LogP contribution in [0, 0.1) is 5.92 Å². The van der Waals surface area contributed by atoms with E-state index in [9.17, 15) is 9.90 Å². The van der Waals surface area contributed by atoms with Crippen LogP contribution in [0.3, 0.4) is 0 Å². The van der Waals surface area contributed by atoms with Crippen molar-refractivity contribution in [2.45, 2.75) is 43.9 Å². The number of unbranched alkanes of at least 4 members (excludes halogenated alkanes) is 1. The molecule has 3 atom stereocenters. The number of aliphatic hydroxyl groups excluding tert-OH is 1. The second kappa shape index (κ2) is 9.35. The molecule has 1 aromatic heterocycles. The van der Waals surface area contributed by atoms with Crippen LogP contribution in [0.2, 0.25) is 12.1 Å². The summed E-state index contributed by atoms with van der Waals surface area (Å²) in [5.41, 5.74) is 0. The number of nitrogens with zero attached hydrogens (tertiary/aromatic N) is 1. The molecular weight excluding hydrogens is 293 g/mol. The van der Waals surface area contributed by atoms with Crippen molar-refractivity contribution < 1.29 is 19.7 Å². The van der Waals surface area contributed by atoms with Crippen molar-refractivity contribution in [2.75, 3.05) is 6.61 Å². The summed E-state index contributed by atoms with van der Waals surface area (Å²) >= 11 is 0. The fourth-order valence-electron chi connectivity index (χ4n) is 2.81. The highest BCUT2D eigenvalue weighted by atomic mass is 16.5. The summed E-state index contributed by atoms with van der Waals surface area (Å²) in [6, 6.07) is 5.52. The van der Waals surface area contributed by atoms with Gasteiger partial charge in [-0.25, -0.2) is 4.98 Å². The Bertz CT molecular complexity index is 509. The molecule has 5 nitrogen and oxygen atoms in total. The summed E-state index contributed by atoms with van der Waals surface area (Å²) in [5, 5.41) is 18.7. The molecular formula is C17H23BNO4. The molecule has 1 aliphatic rings. The molecule has 0 aromatic carbocycles. The Hall–Kier alpha value is -1.82. The molecule has 0 saturated carbocycles. The number of pyridine rings is 1. The Morgan fingerprint density at radius 2 is 2.30 bits per heavy atom. The maximum Gasteiger partial charge on any atom is 0.303 e. The molecule has 0 bridgehead atoms. The van der Waals surface area contributed by atoms with Gasteiger partial charge in [0.25, 0.3) is 0 Å². The van der Waals surface area contributed by atoms with Crippen LogP contribution in [0.4, 0.5) is 0 Å². The molecule has 1 aliphatic heterocycles. The Morgan fingerprint density at radius 3 is 3.04 bits per heavy atom. The van der Waals surface area contributed by atoms with Crippen molar-refractivity contribution in [3.8, 4) is 5.88 Å². The number of hydrogen-bond acceptors (Lipinski definition) is 4. The van der Waals surface area contributed by atoms with Gasteiger partial charge in [-0.1, -0.05) is 30.4 Å². The zero-order chi connectivity index (χ0) is 16.5. The molecule has 2 rings (SSSR count). The highest BCUT2D eigenvalue weighted by molar-refractivity contribution is 6.39. The normalized spacial score (nSPS) is 23.8. The van der Waals surface area contributed by atoms with Crippen LogP contribution in [0.25, 0.3) is 0 Å². The first kappa shape index (κ1) is 17.5. The van der Waals surface area contributed by atoms with E-state index in [2.05, 4.69) is 18.3 Å². The number of aromatic nitrogens is 1. The van der Waals surface area contributed by atoms with Crippen LogP contribution < -0.4 is 4.74 Å². The van der Waals surface area contributed by atoms with Crippen LogP contribution in [-0.4, -0.2) is 41.2 Å². The molecule has 1 radical (unpaired) electrons. The van der Waals surface area contributed by atoms with Gasteiger partial charge in [-0.2, -0.15) is 0 Å². The van der Waals surface area contributed by atoms with E-state index in [1.54, 1.807) is 6.20 Å². The average molecular weight is 316 g/mol. The lowest BCUT2D eigenvalue weighted by Gasteiger charge is -2.21. The van der Waals surface area contributed by atoms with Gasteiger partial charge in [0.05, 0.1) is 12.7 Å². The van der Waals surface area contributed by atoms with Crippen molar-refractivity contribution in [1.29, 1.82) is 0 Å². The molecule has 0 spiro atoms. The molecule has 1 aromatic rings. The number of aliphatic carboxylic acids is 1. The number of allylic oxidation sites excluding steroid dienone is 2. The number of carbonyl (C=O) groups is 1. The van der Waals surface area contributed by atoms with Gasteiger partial charge in [-0.15, -0.1) is 0 Å². The predicted octanol–water partition coefficient (Wildman–Crippen LogP) is 2.56. The molecule has 0 amide bonds. The molecule has 1 saturated heterocycles. The lowest BCUT2D eigenvalue weighted by Crippen LogP contribution is -2.23. The second-order valence-corrected chi connectivity index (χ2v) is 5.84. The van der Waals surface area contributed by atoms with Gasteiger partial charge in [0.2, 0.25) is 5.88 Å². The Labute approximate surface area is 137 Å². The number of carboxylic acid groups (broad SMARTS) is 1. The monoisotopic (exact) mass is 316 g/mol. The van der Waals surface area contributed by atoms with Crippen LogP contribution in [0.5, 0.6) is 5.88 Å². The van der Waals surface area contributed by atoms with Gasteiger partial charge in [-0.05, 0) is 25.3 Å². The SMILES string of the molecule is O=C(O)CCCC=CC[C@H]1[B]C[C@@H](O)[C@@H]1COc1ccccn1. The molecule has 6 heteroatoms. The number of hydrogen-bond donors (Lipinski definition) is 2. The lowest BCUT2D eigenvalue weighted by atomic mass is 9.64. The summed E-state index contributed by atoms with van der Waals surface area (Å²) in [6.07, 6.45) is 8.60. The van der Waals surface area contributed by atoms with E-state index in [-0.39, 0.29) is 24.3 Å². The van der Waals surface area contributed by atoms with Crippen molar-refractivity contribution in [3.05, 3.63) is 36.5 Å². The summed E-state index contributed by atoms with van der Waals surface area (Å²) < 4.78 is 5.68. The van der Waals surface area contributed by atoms with Gasteiger partial charge in [0.1, 0.15) is 7.28 Å². The Balaban J connectivity index is 1.74. The molecule has 23 heavy (non-hydrogen) atoms. The largest absolute Gasteiger partial charge is 0.481 e. The minimum absolute atomic E-state index is 0.0701. The minimum Gasteiger partial charge on any atom is -0.481 e. The average Bonchev–Trinajstić information content (AvgIpc) is 2.89. The van der Waals surface area contributed by atoms with Crippen LogP contribution in [0.1, 0.15) is 25.7 Å². The smallest absolute Gasteiger partial charge is 0.303 e. The van der Waals surface area contributed by atoms with Crippen LogP contribution >= 0.6 is 0 Å². The minimum atomic E-state index is -0.752. The standard InChI is InChI=1S/C17H23BNO4/c20-15-11-18-14(7-3-1-2-4-9-17(21)22)13(15)12-23-16-8-5-6-10-19-16/h1,3,5-6,8,10,13-15,20H,2,4,7,9,11-12H2,(H,21,22)/t13-,14-,15-/m1/s1. The van der Waals surface area contributed by atoms with Gasteiger partial charge < -0.3 is 14.9 Å². The van der Waals surface area contributed by atoms with E-state index in [0.717, 1.165) is 12.8 Å². The van der Waals surface area contributed by atoms with E-state index in [1.807, 2.05) is 24.3 Å². The van der Waals surface area contributed by atoms with Crippen molar-refractivity contribution in [2.24, 2.45) is 5.92 Å². The van der Waals surface area contributed by atoms with Crippen molar-refractivity contribution >= 4 is 13.2 Å². The van der Waals surface area contributed by atoms with Gasteiger partial charge >= 0.3 is 5.97 Å². The van der Waals surface area contributed by atoms with Gasteiger partial charge in [0, 0.05) is 24.6 Å². The van der Waals surface area contributed by atoms with Gasteiger partial charge in [0.15, 0.2) is 0 Å². The summed E-state index contributed by atoms with van der Waals surface area (Å²) in [4.78, 5) is 14.6. The molecule has 1 fully saturated rings. The van der Waals surface area contributed by atoms with Gasteiger partial charge in [-0.3, -0.25) is 4.79 Å². The van der Waals surface area contributed by atoms with Crippen LogP contribution in [-0.2, 0) is 4.79 Å². The molecule has 0 unspecified atom stereocenters. The highest BCUT2D eigenvalue weighted by Crippen LogP contribution is 2.35. The first-order chi connectivity index (χ1) is 11.2. The number of rotatable bonds is 9. The topological polar surface area (TPSA) is 79.7 Å². The zero-order valence-electron chi connectivity index (χ0n) is 13.2. The van der Waals surface area contributed by atoms with Crippen molar-refractivity contribution in [3.63, 3.8) is 0 Å². The highest BCUT2D eigenvalue weighted by Gasteiger charge is 2.35. The summed E-state index contributed by atoms with van der Waals surface area (Å²) in [6.45, 7) is 0.451. The van der Waals surface area contributed by atoms with Crippen molar-refractivity contribution in [1.82, 2.24) is 4.98 Å². The molecule has 0 aliphatic carbocycles. The number of ether oxygens (including phenoxy) is 1. The third kappa shape index (κ3) is 6.06. The van der Waals surface area contributed by atoms with Crippen LogP contribution in [0.15, 0.2) is 36.5 Å².